The van der Waals surface area contributed by atoms with Crippen molar-refractivity contribution in [2.24, 2.45) is 5.73 Å². The Morgan fingerprint density at radius 1 is 1.61 bits per heavy atom. The van der Waals surface area contributed by atoms with Gasteiger partial charge in [0, 0.05) is 5.69 Å². The van der Waals surface area contributed by atoms with Gasteiger partial charge in [0.1, 0.15) is 6.07 Å². The van der Waals surface area contributed by atoms with Crippen molar-refractivity contribution in [3.05, 3.63) is 28.8 Å². The molecule has 0 aliphatic heterocycles. The van der Waals surface area contributed by atoms with Gasteiger partial charge in [-0.15, -0.1) is 0 Å². The lowest BCUT2D eigenvalue weighted by molar-refractivity contribution is -0.117. The highest BCUT2D eigenvalue weighted by molar-refractivity contribution is 6.32. The number of halogens is 1. The summed E-state index contributed by atoms with van der Waals surface area (Å²) in [6.45, 7) is 2.05. The number of rotatable bonds is 5. The minimum atomic E-state index is -0.514. The van der Waals surface area contributed by atoms with Crippen LogP contribution in [0.5, 0.6) is 0 Å². The van der Waals surface area contributed by atoms with Gasteiger partial charge in [-0.3, -0.25) is 4.79 Å². The van der Waals surface area contributed by atoms with Gasteiger partial charge < -0.3 is 11.1 Å². The molecule has 0 unspecified atom stereocenters. The number of hydrogen-bond acceptors (Lipinski definition) is 3. The van der Waals surface area contributed by atoms with Crippen molar-refractivity contribution in [3.63, 3.8) is 0 Å². The molecule has 1 aromatic rings. The number of nitrogens with zero attached hydrogens (tertiary/aromatic N) is 1. The molecule has 0 heterocycles. The number of nitrogens with two attached hydrogens (primary N) is 1. The summed E-state index contributed by atoms with van der Waals surface area (Å²) < 4.78 is 0. The van der Waals surface area contributed by atoms with Crippen LogP contribution in [0, 0.1) is 11.3 Å². The third-order valence-corrected chi connectivity index (χ3v) is 2.88. The Kier molecular flexibility index (Phi) is 5.63. The Balaban J connectivity index is 2.65. The lowest BCUT2D eigenvalue weighted by Gasteiger charge is -2.12. The molecule has 1 rings (SSSR count). The fourth-order valence-electron chi connectivity index (χ4n) is 1.47. The van der Waals surface area contributed by atoms with E-state index in [-0.39, 0.29) is 5.91 Å². The third-order valence-electron chi connectivity index (χ3n) is 2.56. The summed E-state index contributed by atoms with van der Waals surface area (Å²) in [6.07, 6.45) is 2.58. The average Bonchev–Trinajstić information content (AvgIpc) is 2.36. The Morgan fingerprint density at radius 3 is 2.89 bits per heavy atom. The zero-order chi connectivity index (χ0) is 13.5. The molecule has 4 nitrogen and oxygen atoms in total. The number of carbonyl (C=O) groups excluding carboxylic acids is 1. The van der Waals surface area contributed by atoms with E-state index in [4.69, 9.17) is 22.6 Å². The van der Waals surface area contributed by atoms with Crippen molar-refractivity contribution in [3.8, 4) is 6.07 Å². The predicted octanol–water partition coefficient (Wildman–Crippen LogP) is 2.67. The number of carbonyl (C=O) groups is 1. The van der Waals surface area contributed by atoms with E-state index in [1.807, 2.05) is 13.0 Å². The predicted molar refractivity (Wildman–Crippen MR) is 72.3 cm³/mol. The number of hydrogen-bond donors (Lipinski definition) is 2. The first-order valence-electron chi connectivity index (χ1n) is 5.84. The van der Waals surface area contributed by atoms with E-state index < -0.39 is 6.04 Å². The topological polar surface area (TPSA) is 78.9 Å². The molecule has 0 saturated heterocycles. The summed E-state index contributed by atoms with van der Waals surface area (Å²) in [5.74, 6) is -0.232. The van der Waals surface area contributed by atoms with Crippen LogP contribution >= 0.6 is 11.6 Å². The summed E-state index contributed by atoms with van der Waals surface area (Å²) in [4.78, 5) is 11.7. The van der Waals surface area contributed by atoms with Crippen LogP contribution < -0.4 is 11.1 Å². The molecule has 0 aliphatic rings. The number of anilines is 1. The summed E-state index contributed by atoms with van der Waals surface area (Å²) in [7, 11) is 0. The number of benzene rings is 1. The maximum atomic E-state index is 11.7. The van der Waals surface area contributed by atoms with Crippen LogP contribution in [0.25, 0.3) is 0 Å². The van der Waals surface area contributed by atoms with Gasteiger partial charge in [-0.05, 0) is 24.6 Å². The van der Waals surface area contributed by atoms with Gasteiger partial charge in [0.15, 0.2) is 0 Å². The molecule has 3 N–H and O–H groups in total. The second-order valence-corrected chi connectivity index (χ2v) is 4.45. The van der Waals surface area contributed by atoms with Crippen molar-refractivity contribution >= 4 is 23.2 Å². The van der Waals surface area contributed by atoms with Gasteiger partial charge >= 0.3 is 0 Å². The van der Waals surface area contributed by atoms with Crippen molar-refractivity contribution in [2.45, 2.75) is 32.2 Å². The highest BCUT2D eigenvalue weighted by Crippen LogP contribution is 2.20. The Hall–Kier alpha value is -1.57. The number of nitrogens with one attached hydrogen (secondary N) is 1. The highest BCUT2D eigenvalue weighted by atomic mass is 35.5. The molecule has 5 heteroatoms. The molecule has 0 fully saturated rings. The molecule has 1 aromatic carbocycles. The van der Waals surface area contributed by atoms with E-state index in [0.29, 0.717) is 22.7 Å². The Bertz CT molecular complexity index is 468. The number of amides is 1. The largest absolute Gasteiger partial charge is 0.325 e. The molecule has 18 heavy (non-hydrogen) atoms. The van der Waals surface area contributed by atoms with Crippen molar-refractivity contribution in [1.82, 2.24) is 0 Å². The second-order valence-electron chi connectivity index (χ2n) is 4.04. The van der Waals surface area contributed by atoms with Gasteiger partial charge in [0.05, 0.1) is 16.6 Å². The van der Waals surface area contributed by atoms with E-state index in [9.17, 15) is 4.79 Å². The first-order valence-corrected chi connectivity index (χ1v) is 6.22. The fourth-order valence-corrected chi connectivity index (χ4v) is 1.70. The van der Waals surface area contributed by atoms with E-state index in [2.05, 4.69) is 5.32 Å². The molecule has 1 atom stereocenters. The molecule has 0 radical (unpaired) electrons. The number of nitriles is 1. The fraction of sp³-hybridized carbons (Fsp3) is 0.385. The molecule has 96 valence electrons. The second kappa shape index (κ2) is 7.00. The average molecular weight is 266 g/mol. The van der Waals surface area contributed by atoms with Crippen LogP contribution in [0.4, 0.5) is 5.69 Å². The van der Waals surface area contributed by atoms with E-state index >= 15 is 0 Å². The summed E-state index contributed by atoms with van der Waals surface area (Å²) in [6, 6.07) is 6.19. The molecular formula is C13H16ClN3O. The maximum absolute atomic E-state index is 11.7. The Morgan fingerprint density at radius 2 is 2.33 bits per heavy atom. The number of unbranched alkanes of at least 4 members (excludes halogenated alkanes) is 1. The van der Waals surface area contributed by atoms with Gasteiger partial charge in [0.25, 0.3) is 0 Å². The summed E-state index contributed by atoms with van der Waals surface area (Å²) in [5.41, 5.74) is 6.68. The van der Waals surface area contributed by atoms with Crippen molar-refractivity contribution in [1.29, 1.82) is 5.26 Å². The lowest BCUT2D eigenvalue weighted by atomic mass is 10.1. The molecular weight excluding hydrogens is 250 g/mol. The standard InChI is InChI=1S/C13H16ClN3O/c1-2-3-4-12(16)13(18)17-10-6-5-9(8-15)11(14)7-10/h5-7,12H,2-4,16H2,1H3,(H,17,18)/t12-/m0/s1. The zero-order valence-electron chi connectivity index (χ0n) is 10.2. The maximum Gasteiger partial charge on any atom is 0.241 e. The lowest BCUT2D eigenvalue weighted by Crippen LogP contribution is -2.35. The van der Waals surface area contributed by atoms with Crippen LogP contribution in [0.2, 0.25) is 5.02 Å². The minimum Gasteiger partial charge on any atom is -0.325 e. The molecule has 1 amide bonds. The van der Waals surface area contributed by atoms with Crippen LogP contribution in [0.1, 0.15) is 31.7 Å². The first-order chi connectivity index (χ1) is 8.58. The SMILES string of the molecule is CCCC[C@H](N)C(=O)Nc1ccc(C#N)c(Cl)c1. The quantitative estimate of drug-likeness (QED) is 0.859. The van der Waals surface area contributed by atoms with Crippen molar-refractivity contribution in [2.75, 3.05) is 5.32 Å². The molecule has 0 aliphatic carbocycles. The molecule has 0 aromatic heterocycles. The van der Waals surface area contributed by atoms with Crippen LogP contribution in [-0.2, 0) is 4.79 Å². The zero-order valence-corrected chi connectivity index (χ0v) is 11.0. The van der Waals surface area contributed by atoms with E-state index in [1.165, 1.54) is 0 Å². The molecule has 0 bridgehead atoms. The normalized spacial score (nSPS) is 11.7. The van der Waals surface area contributed by atoms with Crippen LogP contribution in [-0.4, -0.2) is 11.9 Å². The van der Waals surface area contributed by atoms with Gasteiger partial charge in [-0.2, -0.15) is 5.26 Å². The summed E-state index contributed by atoms with van der Waals surface area (Å²) in [5, 5.41) is 11.7. The minimum absolute atomic E-state index is 0.232. The van der Waals surface area contributed by atoms with Gasteiger partial charge in [-0.1, -0.05) is 31.4 Å². The van der Waals surface area contributed by atoms with Crippen LogP contribution in [0.15, 0.2) is 18.2 Å². The summed E-state index contributed by atoms with van der Waals surface area (Å²) >= 11 is 5.87. The van der Waals surface area contributed by atoms with Gasteiger partial charge in [0.2, 0.25) is 5.91 Å². The third kappa shape index (κ3) is 4.02. The van der Waals surface area contributed by atoms with E-state index in [0.717, 1.165) is 12.8 Å². The van der Waals surface area contributed by atoms with E-state index in [1.54, 1.807) is 18.2 Å². The highest BCUT2D eigenvalue weighted by Gasteiger charge is 2.13. The van der Waals surface area contributed by atoms with Crippen LogP contribution in [0.3, 0.4) is 0 Å². The Labute approximate surface area is 112 Å². The van der Waals surface area contributed by atoms with Crippen molar-refractivity contribution < 1.29 is 4.79 Å². The molecule has 0 spiro atoms. The molecule has 0 saturated carbocycles. The smallest absolute Gasteiger partial charge is 0.241 e. The monoisotopic (exact) mass is 265 g/mol. The van der Waals surface area contributed by atoms with Gasteiger partial charge in [-0.25, -0.2) is 0 Å². The first kappa shape index (κ1) is 14.5.